The molecular weight excluding hydrogens is 301 g/mol. The number of ether oxygens (including phenoxy) is 1. The Morgan fingerprint density at radius 2 is 1.87 bits per heavy atom. The summed E-state index contributed by atoms with van der Waals surface area (Å²) in [5.74, 6) is -0.331. The minimum absolute atomic E-state index is 0.276. The predicted octanol–water partition coefficient (Wildman–Crippen LogP) is 2.84. The number of amides is 3. The maximum Gasteiger partial charge on any atom is 0.323 e. The summed E-state index contributed by atoms with van der Waals surface area (Å²) in [4.78, 5) is 23.9. The molecule has 0 aliphatic carbocycles. The van der Waals surface area contributed by atoms with Crippen LogP contribution in [0.1, 0.15) is 10.4 Å². The number of carbonyl (C=O) groups is 2. The summed E-state index contributed by atoms with van der Waals surface area (Å²) in [5, 5.41) is 7.53. The molecule has 6 nitrogen and oxygen atoms in total. The second-order valence-corrected chi connectivity index (χ2v) is 4.58. The second-order valence-electron chi connectivity index (χ2n) is 4.58. The smallest absolute Gasteiger partial charge is 0.323 e. The highest BCUT2D eigenvalue weighted by molar-refractivity contribution is 6.06. The number of nitrogens with one attached hydrogen (secondary N) is 3. The molecule has 3 amide bonds. The number of methoxy groups -OCH3 is 1. The number of benzene rings is 2. The van der Waals surface area contributed by atoms with Crippen LogP contribution in [0.2, 0.25) is 0 Å². The molecular formula is C16H16FN3O3. The van der Waals surface area contributed by atoms with E-state index in [9.17, 15) is 14.0 Å². The first-order valence-corrected chi connectivity index (χ1v) is 6.77. The number of anilines is 2. The summed E-state index contributed by atoms with van der Waals surface area (Å²) in [6.45, 7) is 0. The molecule has 2 aromatic rings. The van der Waals surface area contributed by atoms with Gasteiger partial charge in [-0.15, -0.1) is 0 Å². The minimum atomic E-state index is -0.603. The first-order valence-electron chi connectivity index (χ1n) is 6.77. The molecule has 23 heavy (non-hydrogen) atoms. The van der Waals surface area contributed by atoms with Gasteiger partial charge in [-0.05, 0) is 30.3 Å². The molecule has 0 spiro atoms. The highest BCUT2D eigenvalue weighted by Gasteiger charge is 2.14. The number of halogens is 1. The van der Waals surface area contributed by atoms with E-state index in [1.165, 1.54) is 44.5 Å². The zero-order valence-electron chi connectivity index (χ0n) is 12.6. The Bertz CT molecular complexity index is 734. The van der Waals surface area contributed by atoms with Crippen LogP contribution >= 0.6 is 0 Å². The number of rotatable bonds is 4. The van der Waals surface area contributed by atoms with Crippen LogP contribution in [-0.2, 0) is 0 Å². The topological polar surface area (TPSA) is 79.5 Å². The first kappa shape index (κ1) is 16.3. The SMILES string of the molecule is CNC(=O)c1ccc(OC)cc1NC(=O)Nc1cccc(F)c1. The van der Waals surface area contributed by atoms with Crippen LogP contribution in [0.25, 0.3) is 0 Å². The molecule has 0 saturated heterocycles. The van der Waals surface area contributed by atoms with Gasteiger partial charge in [-0.1, -0.05) is 6.07 Å². The molecule has 2 rings (SSSR count). The minimum Gasteiger partial charge on any atom is -0.497 e. The Balaban J connectivity index is 2.20. The van der Waals surface area contributed by atoms with Crippen molar-refractivity contribution in [3.05, 3.63) is 53.8 Å². The fourth-order valence-corrected chi connectivity index (χ4v) is 1.94. The number of hydrogen-bond donors (Lipinski definition) is 3. The van der Waals surface area contributed by atoms with Crippen LogP contribution in [0.15, 0.2) is 42.5 Å². The van der Waals surface area contributed by atoms with Gasteiger partial charge in [-0.2, -0.15) is 0 Å². The van der Waals surface area contributed by atoms with Gasteiger partial charge < -0.3 is 20.7 Å². The van der Waals surface area contributed by atoms with Crippen molar-refractivity contribution in [2.24, 2.45) is 0 Å². The zero-order chi connectivity index (χ0) is 16.8. The molecule has 0 fully saturated rings. The van der Waals surface area contributed by atoms with Crippen LogP contribution in [0.4, 0.5) is 20.6 Å². The fourth-order valence-electron chi connectivity index (χ4n) is 1.94. The van der Waals surface area contributed by atoms with E-state index in [0.717, 1.165) is 0 Å². The van der Waals surface area contributed by atoms with E-state index >= 15 is 0 Å². The van der Waals surface area contributed by atoms with Crippen LogP contribution in [-0.4, -0.2) is 26.1 Å². The maximum absolute atomic E-state index is 13.1. The van der Waals surface area contributed by atoms with Gasteiger partial charge in [0.25, 0.3) is 5.91 Å². The van der Waals surface area contributed by atoms with Gasteiger partial charge in [0.15, 0.2) is 0 Å². The van der Waals surface area contributed by atoms with Crippen molar-refractivity contribution in [1.82, 2.24) is 5.32 Å². The van der Waals surface area contributed by atoms with E-state index in [2.05, 4.69) is 16.0 Å². The van der Waals surface area contributed by atoms with Crippen molar-refractivity contribution < 1.29 is 18.7 Å². The lowest BCUT2D eigenvalue weighted by atomic mass is 10.1. The number of hydrogen-bond acceptors (Lipinski definition) is 3. The maximum atomic E-state index is 13.1. The highest BCUT2D eigenvalue weighted by atomic mass is 19.1. The zero-order valence-corrected chi connectivity index (χ0v) is 12.6. The van der Waals surface area contributed by atoms with Crippen molar-refractivity contribution in [1.29, 1.82) is 0 Å². The normalized spacial score (nSPS) is 9.87. The molecule has 7 heteroatoms. The van der Waals surface area contributed by atoms with Crippen molar-refractivity contribution in [2.45, 2.75) is 0 Å². The van der Waals surface area contributed by atoms with Crippen molar-refractivity contribution >= 4 is 23.3 Å². The monoisotopic (exact) mass is 317 g/mol. The molecule has 0 aliphatic heterocycles. The average Bonchev–Trinajstić information content (AvgIpc) is 2.54. The molecule has 0 aromatic heterocycles. The molecule has 0 unspecified atom stereocenters. The second kappa shape index (κ2) is 7.26. The highest BCUT2D eigenvalue weighted by Crippen LogP contribution is 2.23. The molecule has 0 atom stereocenters. The third-order valence-corrected chi connectivity index (χ3v) is 3.03. The standard InChI is InChI=1S/C16H16FN3O3/c1-18-15(21)13-7-6-12(23-2)9-14(13)20-16(22)19-11-5-3-4-10(17)8-11/h3-9H,1-2H3,(H,18,21)(H2,19,20,22). The summed E-state index contributed by atoms with van der Waals surface area (Å²) < 4.78 is 18.2. The number of urea groups is 1. The average molecular weight is 317 g/mol. The Morgan fingerprint density at radius 3 is 2.52 bits per heavy atom. The Hall–Kier alpha value is -3.09. The molecule has 0 heterocycles. The Kier molecular flexibility index (Phi) is 5.14. The lowest BCUT2D eigenvalue weighted by molar-refractivity contribution is 0.0964. The van der Waals surface area contributed by atoms with Crippen LogP contribution in [0.5, 0.6) is 5.75 Å². The van der Waals surface area contributed by atoms with E-state index in [1.807, 2.05) is 0 Å². The van der Waals surface area contributed by atoms with E-state index < -0.39 is 11.8 Å². The van der Waals surface area contributed by atoms with Gasteiger partial charge in [0.2, 0.25) is 0 Å². The van der Waals surface area contributed by atoms with Crippen LogP contribution in [0.3, 0.4) is 0 Å². The summed E-state index contributed by atoms with van der Waals surface area (Å²) in [7, 11) is 2.97. The molecule has 0 radical (unpaired) electrons. The summed E-state index contributed by atoms with van der Waals surface area (Å²) >= 11 is 0. The fraction of sp³-hybridized carbons (Fsp3) is 0.125. The van der Waals surface area contributed by atoms with Crippen molar-refractivity contribution in [3.63, 3.8) is 0 Å². The molecule has 0 aliphatic rings. The van der Waals surface area contributed by atoms with Gasteiger partial charge >= 0.3 is 6.03 Å². The third-order valence-electron chi connectivity index (χ3n) is 3.03. The number of carbonyl (C=O) groups excluding carboxylic acids is 2. The van der Waals surface area contributed by atoms with E-state index in [1.54, 1.807) is 12.1 Å². The summed E-state index contributed by atoms with van der Waals surface area (Å²) in [5.41, 5.74) is 0.854. The van der Waals surface area contributed by atoms with Gasteiger partial charge in [-0.3, -0.25) is 4.79 Å². The van der Waals surface area contributed by atoms with Crippen molar-refractivity contribution in [2.75, 3.05) is 24.8 Å². The molecule has 0 saturated carbocycles. The summed E-state index contributed by atoms with van der Waals surface area (Å²) in [6.07, 6.45) is 0. The van der Waals surface area contributed by atoms with Gasteiger partial charge in [0, 0.05) is 18.8 Å². The van der Waals surface area contributed by atoms with Crippen LogP contribution in [0, 0.1) is 5.82 Å². The third kappa shape index (κ3) is 4.19. The Morgan fingerprint density at radius 1 is 1.09 bits per heavy atom. The first-order chi connectivity index (χ1) is 11.0. The lowest BCUT2D eigenvalue weighted by Crippen LogP contribution is -2.24. The van der Waals surface area contributed by atoms with E-state index in [0.29, 0.717) is 11.4 Å². The van der Waals surface area contributed by atoms with Gasteiger partial charge in [0.1, 0.15) is 11.6 Å². The van der Waals surface area contributed by atoms with E-state index in [4.69, 9.17) is 4.74 Å². The lowest BCUT2D eigenvalue weighted by Gasteiger charge is -2.12. The molecule has 120 valence electrons. The predicted molar refractivity (Wildman–Crippen MR) is 85.4 cm³/mol. The largest absolute Gasteiger partial charge is 0.497 e. The van der Waals surface area contributed by atoms with Crippen molar-refractivity contribution in [3.8, 4) is 5.75 Å². The molecule has 2 aromatic carbocycles. The molecule has 3 N–H and O–H groups in total. The quantitative estimate of drug-likeness (QED) is 0.811. The van der Waals surface area contributed by atoms with Gasteiger partial charge in [-0.25, -0.2) is 9.18 Å². The summed E-state index contributed by atoms with van der Waals surface area (Å²) in [6, 6.07) is 9.56. The Labute approximate surface area is 132 Å². The molecule has 0 bridgehead atoms. The van der Waals surface area contributed by atoms with E-state index in [-0.39, 0.29) is 17.2 Å². The van der Waals surface area contributed by atoms with Crippen LogP contribution < -0.4 is 20.7 Å². The van der Waals surface area contributed by atoms with Gasteiger partial charge in [0.05, 0.1) is 18.4 Å².